The summed E-state index contributed by atoms with van der Waals surface area (Å²) in [6.07, 6.45) is 9.48. The van der Waals surface area contributed by atoms with Crippen molar-refractivity contribution < 1.29 is 10.2 Å². The smallest absolute Gasteiger partial charge is 0.157 e. The maximum absolute atomic E-state index is 10.2. The van der Waals surface area contributed by atoms with Gasteiger partial charge in [0.05, 0.1) is 0 Å². The van der Waals surface area contributed by atoms with Crippen LogP contribution in [-0.4, -0.2) is 16.3 Å². The zero-order valence-electron chi connectivity index (χ0n) is 16.7. The third-order valence-corrected chi connectivity index (χ3v) is 10.2. The normalized spacial score (nSPS) is 39.1. The summed E-state index contributed by atoms with van der Waals surface area (Å²) >= 11 is 2.08. The summed E-state index contributed by atoms with van der Waals surface area (Å²) in [5.41, 5.74) is 3.94. The average Bonchev–Trinajstić information content (AvgIpc) is 3.12. The molecular formula is C25H29NO2S. The van der Waals surface area contributed by atoms with Crippen LogP contribution in [0.4, 0.5) is 0 Å². The minimum absolute atomic E-state index is 0.0193. The molecule has 2 aromatic rings. The van der Waals surface area contributed by atoms with E-state index in [0.29, 0.717) is 12.0 Å². The van der Waals surface area contributed by atoms with E-state index in [0.717, 1.165) is 49.0 Å². The number of hydrogen-bond donors (Lipinski definition) is 3. The minimum atomic E-state index is 0.0193. The number of aromatic hydroxyl groups is 2. The summed E-state index contributed by atoms with van der Waals surface area (Å²) in [6, 6.07) is 6.64. The lowest BCUT2D eigenvalue weighted by Crippen LogP contribution is -2.43. The van der Waals surface area contributed by atoms with Crippen LogP contribution >= 0.6 is 11.3 Å². The Morgan fingerprint density at radius 1 is 0.862 bits per heavy atom. The Bertz CT molecular complexity index is 967. The van der Waals surface area contributed by atoms with Gasteiger partial charge in [0, 0.05) is 28.3 Å². The van der Waals surface area contributed by atoms with E-state index in [2.05, 4.69) is 22.7 Å². The zero-order chi connectivity index (χ0) is 19.3. The number of phenolic OH excluding ortho intramolecular Hbond substituents is 2. The van der Waals surface area contributed by atoms with Gasteiger partial charge in [0.25, 0.3) is 0 Å². The molecule has 152 valence electrons. The topological polar surface area (TPSA) is 52.5 Å². The van der Waals surface area contributed by atoms with Crippen LogP contribution in [0.1, 0.15) is 76.8 Å². The van der Waals surface area contributed by atoms with Gasteiger partial charge in [-0.1, -0.05) is 0 Å². The van der Waals surface area contributed by atoms with Crippen molar-refractivity contribution in [3.63, 3.8) is 0 Å². The lowest BCUT2D eigenvalue weighted by Gasteiger charge is -2.54. The standard InChI is InChI=1S/C25H29NO2S/c27-20-8-14-1-2-19-25(17(14)9-21(20)28)18-10-22(29-23(18)11-26-19)24-15-4-12-3-13(6-15)7-16(24)5-12/h8-10,12-13,15-16,19,24-28H,1-7,11H2. The molecule has 3 nitrogen and oxygen atoms in total. The molecule has 1 aromatic heterocycles. The van der Waals surface area contributed by atoms with E-state index in [-0.39, 0.29) is 11.5 Å². The monoisotopic (exact) mass is 407 g/mol. The highest BCUT2D eigenvalue weighted by atomic mass is 32.1. The second kappa shape index (κ2) is 6.01. The quantitative estimate of drug-likeness (QED) is 0.566. The fraction of sp³-hybridized carbons (Fsp3) is 0.600. The highest BCUT2D eigenvalue weighted by Gasteiger charge is 2.49. The number of hydrogen-bond acceptors (Lipinski definition) is 4. The predicted molar refractivity (Wildman–Crippen MR) is 115 cm³/mol. The van der Waals surface area contributed by atoms with Gasteiger partial charge in [-0.05, 0) is 109 Å². The molecule has 2 unspecified atom stereocenters. The molecule has 2 atom stereocenters. The molecule has 8 rings (SSSR count). The van der Waals surface area contributed by atoms with Crippen molar-refractivity contribution in [3.05, 3.63) is 44.6 Å². The molecule has 4 bridgehead atoms. The first-order chi connectivity index (χ1) is 14.1. The van der Waals surface area contributed by atoms with Gasteiger partial charge in [-0.2, -0.15) is 0 Å². The Labute approximate surface area is 176 Å². The molecule has 1 aromatic carbocycles. The molecule has 2 heterocycles. The highest BCUT2D eigenvalue weighted by molar-refractivity contribution is 7.12. The molecule has 5 aliphatic carbocycles. The molecule has 0 spiro atoms. The maximum Gasteiger partial charge on any atom is 0.157 e. The second-order valence-corrected chi connectivity index (χ2v) is 11.7. The Hall–Kier alpha value is -1.52. The average molecular weight is 408 g/mol. The maximum atomic E-state index is 10.2. The second-order valence-electron chi connectivity index (χ2n) is 10.5. The molecule has 1 aliphatic heterocycles. The van der Waals surface area contributed by atoms with Crippen LogP contribution in [0.3, 0.4) is 0 Å². The van der Waals surface area contributed by atoms with Crippen LogP contribution < -0.4 is 5.32 Å². The Morgan fingerprint density at radius 3 is 2.34 bits per heavy atom. The van der Waals surface area contributed by atoms with E-state index in [4.69, 9.17) is 0 Å². The Balaban J connectivity index is 1.30. The molecule has 4 fully saturated rings. The van der Waals surface area contributed by atoms with Crippen LogP contribution in [0.15, 0.2) is 18.2 Å². The van der Waals surface area contributed by atoms with Crippen LogP contribution in [0.5, 0.6) is 11.5 Å². The number of nitrogens with one attached hydrogen (secondary N) is 1. The first-order valence-electron chi connectivity index (χ1n) is 11.5. The summed E-state index contributed by atoms with van der Waals surface area (Å²) in [5, 5.41) is 24.0. The van der Waals surface area contributed by atoms with Gasteiger partial charge in [0.15, 0.2) is 11.5 Å². The predicted octanol–water partition coefficient (Wildman–Crippen LogP) is 5.25. The van der Waals surface area contributed by atoms with Crippen LogP contribution in [-0.2, 0) is 13.0 Å². The largest absolute Gasteiger partial charge is 0.504 e. The van der Waals surface area contributed by atoms with Crippen molar-refractivity contribution >= 4 is 11.3 Å². The van der Waals surface area contributed by atoms with Crippen LogP contribution in [0, 0.1) is 23.7 Å². The van der Waals surface area contributed by atoms with Gasteiger partial charge in [-0.25, -0.2) is 0 Å². The number of rotatable bonds is 1. The SMILES string of the molecule is Oc1cc2c(cc1O)C1c3cc(C4C5CC6CC(C5)CC4C6)sc3CNC1CC2. The molecule has 4 saturated carbocycles. The van der Waals surface area contributed by atoms with Crippen molar-refractivity contribution in [1.29, 1.82) is 0 Å². The first-order valence-corrected chi connectivity index (χ1v) is 12.4. The molecule has 6 aliphatic rings. The van der Waals surface area contributed by atoms with Crippen molar-refractivity contribution in [2.75, 3.05) is 0 Å². The summed E-state index contributed by atoms with van der Waals surface area (Å²) < 4.78 is 0. The van der Waals surface area contributed by atoms with Gasteiger partial charge in [0.2, 0.25) is 0 Å². The van der Waals surface area contributed by atoms with Crippen molar-refractivity contribution in [2.24, 2.45) is 23.7 Å². The summed E-state index contributed by atoms with van der Waals surface area (Å²) in [4.78, 5) is 3.16. The molecule has 29 heavy (non-hydrogen) atoms. The zero-order valence-corrected chi connectivity index (χ0v) is 17.5. The van der Waals surface area contributed by atoms with E-state index in [1.54, 1.807) is 10.9 Å². The van der Waals surface area contributed by atoms with Crippen LogP contribution in [0.25, 0.3) is 0 Å². The third-order valence-electron chi connectivity index (χ3n) is 8.97. The third kappa shape index (κ3) is 2.45. The number of benzene rings is 1. The van der Waals surface area contributed by atoms with E-state index in [1.165, 1.54) is 53.7 Å². The number of fused-ring (bicyclic) bond motifs is 5. The molecule has 0 amide bonds. The van der Waals surface area contributed by atoms with E-state index in [1.807, 2.05) is 6.07 Å². The Kier molecular flexibility index (Phi) is 3.56. The van der Waals surface area contributed by atoms with Gasteiger partial charge in [0.1, 0.15) is 0 Å². The van der Waals surface area contributed by atoms with Crippen molar-refractivity contribution in [1.82, 2.24) is 5.32 Å². The van der Waals surface area contributed by atoms with Gasteiger partial charge in [-0.15, -0.1) is 11.3 Å². The molecule has 3 N–H and O–H groups in total. The van der Waals surface area contributed by atoms with E-state index >= 15 is 0 Å². The number of thiophene rings is 1. The highest BCUT2D eigenvalue weighted by Crippen LogP contribution is 2.61. The number of phenols is 2. The van der Waals surface area contributed by atoms with E-state index in [9.17, 15) is 10.2 Å². The molecule has 0 saturated heterocycles. The molecule has 4 heteroatoms. The fourth-order valence-electron chi connectivity index (χ4n) is 8.08. The number of aryl methyl sites for hydroxylation is 1. The summed E-state index contributed by atoms with van der Waals surface area (Å²) in [5.74, 6) is 5.05. The van der Waals surface area contributed by atoms with Gasteiger partial charge >= 0.3 is 0 Å². The van der Waals surface area contributed by atoms with Gasteiger partial charge < -0.3 is 15.5 Å². The summed E-state index contributed by atoms with van der Waals surface area (Å²) in [6.45, 7) is 0.994. The van der Waals surface area contributed by atoms with Crippen LogP contribution in [0.2, 0.25) is 0 Å². The fourth-order valence-corrected chi connectivity index (χ4v) is 9.54. The molecular weight excluding hydrogens is 378 g/mol. The first kappa shape index (κ1) is 17.2. The van der Waals surface area contributed by atoms with Crippen molar-refractivity contribution in [3.8, 4) is 11.5 Å². The lowest BCUT2D eigenvalue weighted by atomic mass is 9.51. The van der Waals surface area contributed by atoms with Gasteiger partial charge in [-0.3, -0.25) is 0 Å². The lowest BCUT2D eigenvalue weighted by molar-refractivity contribution is -0.00162. The molecule has 0 radical (unpaired) electrons. The Morgan fingerprint density at radius 2 is 1.59 bits per heavy atom. The van der Waals surface area contributed by atoms with E-state index < -0.39 is 0 Å². The van der Waals surface area contributed by atoms with Crippen molar-refractivity contribution in [2.45, 2.75) is 69.4 Å². The minimum Gasteiger partial charge on any atom is -0.504 e. The summed E-state index contributed by atoms with van der Waals surface area (Å²) in [7, 11) is 0.